The summed E-state index contributed by atoms with van der Waals surface area (Å²) in [5.41, 5.74) is 1.70. The Balaban J connectivity index is 2.85. The van der Waals surface area contributed by atoms with Gasteiger partial charge in [-0.3, -0.25) is 9.59 Å². The van der Waals surface area contributed by atoms with Crippen LogP contribution in [-0.4, -0.2) is 16.9 Å². The van der Waals surface area contributed by atoms with Crippen molar-refractivity contribution >= 4 is 5.91 Å². The molecule has 1 aromatic heterocycles. The predicted octanol–water partition coefficient (Wildman–Crippen LogP) is 2.55. The average molecular weight is 264 g/mol. The Morgan fingerprint density at radius 2 is 1.95 bits per heavy atom. The zero-order valence-corrected chi connectivity index (χ0v) is 12.7. The van der Waals surface area contributed by atoms with E-state index in [0.29, 0.717) is 0 Å². The summed E-state index contributed by atoms with van der Waals surface area (Å²) in [5.74, 6) is -0.305. The third-order valence-corrected chi connectivity index (χ3v) is 3.04. The van der Waals surface area contributed by atoms with E-state index in [9.17, 15) is 9.59 Å². The highest BCUT2D eigenvalue weighted by Crippen LogP contribution is 2.20. The van der Waals surface area contributed by atoms with Gasteiger partial charge >= 0.3 is 0 Å². The minimum absolute atomic E-state index is 0.0357. The summed E-state index contributed by atoms with van der Waals surface area (Å²) in [6, 6.07) is 1.68. The van der Waals surface area contributed by atoms with E-state index in [1.165, 1.54) is 0 Å². The van der Waals surface area contributed by atoms with E-state index in [1.54, 1.807) is 6.07 Å². The zero-order chi connectivity index (χ0) is 14.8. The maximum absolute atomic E-state index is 12.1. The minimum atomic E-state index is -0.330. The second kappa shape index (κ2) is 5.59. The molecule has 19 heavy (non-hydrogen) atoms. The highest BCUT2D eigenvalue weighted by atomic mass is 16.2. The largest absolute Gasteiger partial charge is 0.349 e. The molecule has 1 rings (SSSR count). The first-order valence-electron chi connectivity index (χ1n) is 6.61. The molecule has 106 valence electrons. The maximum atomic E-state index is 12.1. The molecular weight excluding hydrogens is 240 g/mol. The second-order valence-electron chi connectivity index (χ2n) is 6.46. The molecule has 0 aliphatic heterocycles. The zero-order valence-electron chi connectivity index (χ0n) is 12.7. The molecule has 1 heterocycles. The number of pyridine rings is 1. The highest BCUT2D eigenvalue weighted by molar-refractivity contribution is 5.94. The third kappa shape index (κ3) is 4.54. The van der Waals surface area contributed by atoms with Crippen LogP contribution in [-0.2, 0) is 0 Å². The molecule has 1 atom stereocenters. The van der Waals surface area contributed by atoms with Crippen molar-refractivity contribution in [1.82, 2.24) is 10.3 Å². The molecule has 0 bridgehead atoms. The topological polar surface area (TPSA) is 62.0 Å². The summed E-state index contributed by atoms with van der Waals surface area (Å²) in [7, 11) is 0. The summed E-state index contributed by atoms with van der Waals surface area (Å²) >= 11 is 0. The fourth-order valence-electron chi connectivity index (χ4n) is 2.17. The number of aromatic nitrogens is 1. The lowest BCUT2D eigenvalue weighted by Gasteiger charge is -2.23. The SMILES string of the molecule is Cc1cc(C(=O)N[C@@H](C)CC(C)(C)C)c(=O)[nH]c1C. The Bertz CT molecular complexity index is 524. The van der Waals surface area contributed by atoms with Crippen molar-refractivity contribution < 1.29 is 4.79 Å². The fraction of sp³-hybridized carbons (Fsp3) is 0.600. The highest BCUT2D eigenvalue weighted by Gasteiger charge is 2.19. The summed E-state index contributed by atoms with van der Waals surface area (Å²) in [4.78, 5) is 26.6. The van der Waals surface area contributed by atoms with Gasteiger partial charge < -0.3 is 10.3 Å². The first-order chi connectivity index (χ1) is 8.60. The van der Waals surface area contributed by atoms with Crippen molar-refractivity contribution in [2.24, 2.45) is 5.41 Å². The normalized spacial score (nSPS) is 13.2. The number of amides is 1. The number of carbonyl (C=O) groups excluding carboxylic acids is 1. The van der Waals surface area contributed by atoms with Gasteiger partial charge in [0.1, 0.15) is 5.56 Å². The molecule has 0 saturated carbocycles. The average Bonchev–Trinajstić information content (AvgIpc) is 2.20. The third-order valence-electron chi connectivity index (χ3n) is 3.04. The van der Waals surface area contributed by atoms with Crippen molar-refractivity contribution in [1.29, 1.82) is 0 Å². The number of aryl methyl sites for hydroxylation is 2. The predicted molar refractivity (Wildman–Crippen MR) is 77.5 cm³/mol. The number of rotatable bonds is 3. The summed E-state index contributed by atoms with van der Waals surface area (Å²) in [5, 5.41) is 2.88. The number of carbonyl (C=O) groups is 1. The van der Waals surface area contributed by atoms with E-state index in [1.807, 2.05) is 20.8 Å². The second-order valence-corrected chi connectivity index (χ2v) is 6.46. The van der Waals surface area contributed by atoms with Crippen LogP contribution in [0.5, 0.6) is 0 Å². The standard InChI is InChI=1S/C15H24N2O2/c1-9-7-12(14(19)17-11(9)3)13(18)16-10(2)8-15(4,5)6/h7,10H,8H2,1-6H3,(H,16,18)(H,17,19)/t10-/m0/s1. The van der Waals surface area contributed by atoms with Gasteiger partial charge in [0.2, 0.25) is 0 Å². The van der Waals surface area contributed by atoms with Gasteiger partial charge in [-0.1, -0.05) is 20.8 Å². The Hall–Kier alpha value is -1.58. The van der Waals surface area contributed by atoms with Crippen LogP contribution >= 0.6 is 0 Å². The van der Waals surface area contributed by atoms with Gasteiger partial charge in [-0.15, -0.1) is 0 Å². The molecule has 1 amide bonds. The van der Waals surface area contributed by atoms with Crippen molar-refractivity contribution in [2.45, 2.75) is 54.0 Å². The summed E-state index contributed by atoms with van der Waals surface area (Å²) in [6.45, 7) is 12.0. The number of H-pyrrole nitrogens is 1. The van der Waals surface area contributed by atoms with Crippen molar-refractivity contribution in [3.8, 4) is 0 Å². The molecule has 0 aromatic carbocycles. The van der Waals surface area contributed by atoms with E-state index in [2.05, 4.69) is 31.1 Å². The Morgan fingerprint density at radius 1 is 1.37 bits per heavy atom. The quantitative estimate of drug-likeness (QED) is 0.881. The van der Waals surface area contributed by atoms with E-state index in [0.717, 1.165) is 17.7 Å². The van der Waals surface area contributed by atoms with Gasteiger partial charge in [-0.05, 0) is 44.2 Å². The Morgan fingerprint density at radius 3 is 2.47 bits per heavy atom. The van der Waals surface area contributed by atoms with Crippen molar-refractivity contribution in [3.05, 3.63) is 33.2 Å². The van der Waals surface area contributed by atoms with E-state index in [4.69, 9.17) is 0 Å². The molecule has 1 aromatic rings. The van der Waals surface area contributed by atoms with Crippen LogP contribution in [0.4, 0.5) is 0 Å². The van der Waals surface area contributed by atoms with Gasteiger partial charge in [0.05, 0.1) is 0 Å². The maximum Gasteiger partial charge on any atom is 0.261 e. The van der Waals surface area contributed by atoms with Crippen LogP contribution in [0.15, 0.2) is 10.9 Å². The Kier molecular flexibility index (Phi) is 4.56. The van der Waals surface area contributed by atoms with Crippen LogP contribution in [0.25, 0.3) is 0 Å². The van der Waals surface area contributed by atoms with E-state index < -0.39 is 0 Å². The summed E-state index contributed by atoms with van der Waals surface area (Å²) in [6.07, 6.45) is 0.863. The van der Waals surface area contributed by atoms with Gasteiger partial charge in [-0.25, -0.2) is 0 Å². The fourth-order valence-corrected chi connectivity index (χ4v) is 2.17. The van der Waals surface area contributed by atoms with Crippen molar-refractivity contribution in [3.63, 3.8) is 0 Å². The van der Waals surface area contributed by atoms with Crippen LogP contribution in [0.3, 0.4) is 0 Å². The van der Waals surface area contributed by atoms with Crippen LogP contribution < -0.4 is 10.9 Å². The van der Waals surface area contributed by atoms with Gasteiger partial charge in [0.15, 0.2) is 0 Å². The number of aromatic amines is 1. The molecule has 0 radical (unpaired) electrons. The van der Waals surface area contributed by atoms with Crippen molar-refractivity contribution in [2.75, 3.05) is 0 Å². The molecule has 0 fully saturated rings. The Labute approximate surface area is 114 Å². The molecule has 4 nitrogen and oxygen atoms in total. The molecule has 4 heteroatoms. The van der Waals surface area contributed by atoms with Gasteiger partial charge in [-0.2, -0.15) is 0 Å². The first-order valence-corrected chi connectivity index (χ1v) is 6.61. The monoisotopic (exact) mass is 264 g/mol. The lowest BCUT2D eigenvalue weighted by molar-refractivity contribution is 0.0929. The van der Waals surface area contributed by atoms with E-state index >= 15 is 0 Å². The molecule has 2 N–H and O–H groups in total. The molecule has 0 unspecified atom stereocenters. The van der Waals surface area contributed by atoms with Gasteiger partial charge in [0.25, 0.3) is 11.5 Å². The van der Waals surface area contributed by atoms with Gasteiger partial charge in [0, 0.05) is 11.7 Å². The molecular formula is C15H24N2O2. The smallest absolute Gasteiger partial charge is 0.261 e. The number of hydrogen-bond donors (Lipinski definition) is 2. The van der Waals surface area contributed by atoms with Crippen LogP contribution in [0, 0.1) is 19.3 Å². The number of nitrogens with one attached hydrogen (secondary N) is 2. The lowest BCUT2D eigenvalue weighted by Crippen LogP contribution is -2.38. The first kappa shape index (κ1) is 15.5. The molecule has 0 aliphatic rings. The molecule has 0 spiro atoms. The van der Waals surface area contributed by atoms with Crippen LogP contribution in [0.2, 0.25) is 0 Å². The molecule has 0 saturated heterocycles. The summed E-state index contributed by atoms with van der Waals surface area (Å²) < 4.78 is 0. The number of hydrogen-bond acceptors (Lipinski definition) is 2. The molecule has 0 aliphatic carbocycles. The lowest BCUT2D eigenvalue weighted by atomic mass is 9.88. The minimum Gasteiger partial charge on any atom is -0.349 e. The van der Waals surface area contributed by atoms with E-state index in [-0.39, 0.29) is 28.5 Å². The van der Waals surface area contributed by atoms with Crippen LogP contribution in [0.1, 0.15) is 55.7 Å².